The molecule has 36 heavy (non-hydrogen) atoms. The molecule has 6 nitrogen and oxygen atoms in total. The van der Waals surface area contributed by atoms with Crippen molar-refractivity contribution in [3.63, 3.8) is 0 Å². The summed E-state index contributed by atoms with van der Waals surface area (Å²) >= 11 is 7.07. The average Bonchev–Trinajstić information content (AvgIpc) is 3.54. The molecule has 0 spiro atoms. The van der Waals surface area contributed by atoms with Gasteiger partial charge >= 0.3 is 0 Å². The van der Waals surface area contributed by atoms with Gasteiger partial charge in [0.25, 0.3) is 10.0 Å². The van der Waals surface area contributed by atoms with Crippen LogP contribution >= 0.6 is 22.9 Å². The standard InChI is InChI=1S/C27H30ClN3O3S2/c1-19-8-9-22(16-20(19)2)29-12-14-30(15-13-29)27(32)24-18-31(17-23(24)21-6-4-3-5-7-21)36(33,34)26-11-10-25(28)35-26/h3-11,16,23-24H,12-15,17-18H2,1-2H3/t23-,24+/m0/s1. The largest absolute Gasteiger partial charge is 0.368 e. The monoisotopic (exact) mass is 543 g/mol. The second kappa shape index (κ2) is 10.2. The number of sulfonamides is 1. The minimum absolute atomic E-state index is 0.0329. The highest BCUT2D eigenvalue weighted by Gasteiger charge is 2.45. The molecule has 0 bridgehead atoms. The van der Waals surface area contributed by atoms with E-state index in [2.05, 4.69) is 36.9 Å². The summed E-state index contributed by atoms with van der Waals surface area (Å²) in [6.07, 6.45) is 0. The third-order valence-corrected chi connectivity index (χ3v) is 11.0. The first-order chi connectivity index (χ1) is 17.2. The van der Waals surface area contributed by atoms with Crippen LogP contribution in [0.15, 0.2) is 64.9 Å². The van der Waals surface area contributed by atoms with Crippen LogP contribution in [0.2, 0.25) is 4.34 Å². The maximum Gasteiger partial charge on any atom is 0.252 e. The molecule has 0 unspecified atom stereocenters. The molecule has 2 aliphatic rings. The van der Waals surface area contributed by atoms with Gasteiger partial charge in [-0.15, -0.1) is 11.3 Å². The summed E-state index contributed by atoms with van der Waals surface area (Å²) < 4.78 is 28.8. The molecule has 190 valence electrons. The van der Waals surface area contributed by atoms with Crippen LogP contribution in [-0.4, -0.2) is 62.8 Å². The van der Waals surface area contributed by atoms with Gasteiger partial charge < -0.3 is 9.80 Å². The summed E-state index contributed by atoms with van der Waals surface area (Å²) in [5.74, 6) is -0.585. The molecule has 0 radical (unpaired) electrons. The van der Waals surface area contributed by atoms with E-state index >= 15 is 0 Å². The summed E-state index contributed by atoms with van der Waals surface area (Å²) in [4.78, 5) is 18.0. The van der Waals surface area contributed by atoms with Gasteiger partial charge in [-0.05, 0) is 54.8 Å². The summed E-state index contributed by atoms with van der Waals surface area (Å²) in [5.41, 5.74) is 4.70. The van der Waals surface area contributed by atoms with Crippen LogP contribution in [0.25, 0.3) is 0 Å². The highest BCUT2D eigenvalue weighted by atomic mass is 35.5. The van der Waals surface area contributed by atoms with Gasteiger partial charge in [0.2, 0.25) is 5.91 Å². The van der Waals surface area contributed by atoms with E-state index < -0.39 is 15.9 Å². The van der Waals surface area contributed by atoms with Gasteiger partial charge in [-0.1, -0.05) is 48.0 Å². The molecule has 2 aromatic carbocycles. The minimum atomic E-state index is -3.72. The first-order valence-electron chi connectivity index (χ1n) is 12.2. The molecule has 0 aliphatic carbocycles. The lowest BCUT2D eigenvalue weighted by molar-refractivity contribution is -0.135. The molecule has 2 aliphatic heterocycles. The van der Waals surface area contributed by atoms with Gasteiger partial charge in [-0.25, -0.2) is 8.42 Å². The van der Waals surface area contributed by atoms with E-state index in [-0.39, 0.29) is 29.1 Å². The zero-order valence-electron chi connectivity index (χ0n) is 20.4. The van der Waals surface area contributed by atoms with E-state index in [0.717, 1.165) is 30.0 Å². The average molecular weight is 544 g/mol. The Morgan fingerprint density at radius 2 is 1.64 bits per heavy atom. The number of halogens is 1. The fraction of sp³-hybridized carbons (Fsp3) is 0.370. The van der Waals surface area contributed by atoms with E-state index in [1.807, 2.05) is 35.2 Å². The zero-order valence-corrected chi connectivity index (χ0v) is 22.8. The quantitative estimate of drug-likeness (QED) is 0.465. The van der Waals surface area contributed by atoms with E-state index in [9.17, 15) is 13.2 Å². The number of aryl methyl sites for hydroxylation is 2. The lowest BCUT2D eigenvalue weighted by atomic mass is 9.88. The SMILES string of the molecule is Cc1ccc(N2CCN(C(=O)[C@@H]3CN(S(=O)(=O)c4ccc(Cl)s4)C[C@H]3c3ccccc3)CC2)cc1C. The Kier molecular flexibility index (Phi) is 7.14. The number of hydrogen-bond donors (Lipinski definition) is 0. The highest BCUT2D eigenvalue weighted by molar-refractivity contribution is 7.91. The lowest BCUT2D eigenvalue weighted by Gasteiger charge is -2.38. The number of hydrogen-bond acceptors (Lipinski definition) is 5. The highest BCUT2D eigenvalue weighted by Crippen LogP contribution is 2.38. The van der Waals surface area contributed by atoms with E-state index in [0.29, 0.717) is 17.4 Å². The molecular formula is C27H30ClN3O3S2. The van der Waals surface area contributed by atoms with Crippen molar-refractivity contribution in [3.05, 3.63) is 81.7 Å². The predicted molar refractivity (Wildman–Crippen MR) is 145 cm³/mol. The number of thiophene rings is 1. The number of anilines is 1. The van der Waals surface area contributed by atoms with Crippen LogP contribution in [0.3, 0.4) is 0 Å². The number of carbonyl (C=O) groups excluding carboxylic acids is 1. The Labute approximate surface area is 222 Å². The molecule has 2 atom stereocenters. The Balaban J connectivity index is 1.34. The molecule has 0 saturated carbocycles. The van der Waals surface area contributed by atoms with E-state index in [1.54, 1.807) is 12.1 Å². The van der Waals surface area contributed by atoms with Gasteiger partial charge in [-0.2, -0.15) is 4.31 Å². The second-order valence-corrected chi connectivity index (χ2v) is 13.5. The van der Waals surface area contributed by atoms with E-state index in [1.165, 1.54) is 21.1 Å². The van der Waals surface area contributed by atoms with Crippen molar-refractivity contribution < 1.29 is 13.2 Å². The number of amides is 1. The van der Waals surface area contributed by atoms with Crippen LogP contribution in [0.5, 0.6) is 0 Å². The minimum Gasteiger partial charge on any atom is -0.368 e. The van der Waals surface area contributed by atoms with Crippen molar-refractivity contribution in [2.45, 2.75) is 24.0 Å². The summed E-state index contributed by atoms with van der Waals surface area (Å²) in [6.45, 7) is 7.44. The number of carbonyl (C=O) groups is 1. The molecule has 1 aromatic heterocycles. The third kappa shape index (κ3) is 4.92. The van der Waals surface area contributed by atoms with Gasteiger partial charge in [0.15, 0.2) is 0 Å². The summed E-state index contributed by atoms with van der Waals surface area (Å²) in [6, 6.07) is 19.4. The topological polar surface area (TPSA) is 60.9 Å². The molecule has 9 heteroatoms. The first kappa shape index (κ1) is 25.3. The fourth-order valence-electron chi connectivity index (χ4n) is 5.16. The lowest BCUT2D eigenvalue weighted by Crippen LogP contribution is -2.51. The van der Waals surface area contributed by atoms with Crippen molar-refractivity contribution in [1.29, 1.82) is 0 Å². The number of piperazine rings is 1. The Morgan fingerprint density at radius 3 is 2.28 bits per heavy atom. The van der Waals surface area contributed by atoms with Gasteiger partial charge in [0.05, 0.1) is 10.3 Å². The van der Waals surface area contributed by atoms with Gasteiger partial charge in [-0.3, -0.25) is 4.79 Å². The molecule has 0 N–H and O–H groups in total. The van der Waals surface area contributed by atoms with Crippen molar-refractivity contribution in [1.82, 2.24) is 9.21 Å². The van der Waals surface area contributed by atoms with Crippen molar-refractivity contribution in [2.75, 3.05) is 44.2 Å². The van der Waals surface area contributed by atoms with Crippen molar-refractivity contribution >= 4 is 44.6 Å². The van der Waals surface area contributed by atoms with Crippen LogP contribution in [0.4, 0.5) is 5.69 Å². The summed E-state index contributed by atoms with van der Waals surface area (Å²) in [7, 11) is -3.72. The van der Waals surface area contributed by atoms with Crippen LogP contribution in [0, 0.1) is 19.8 Å². The summed E-state index contributed by atoms with van der Waals surface area (Å²) in [5, 5.41) is 0. The van der Waals surface area contributed by atoms with Gasteiger partial charge in [0, 0.05) is 50.9 Å². The molecule has 2 saturated heterocycles. The Morgan fingerprint density at radius 1 is 0.917 bits per heavy atom. The van der Waals surface area contributed by atoms with Crippen LogP contribution < -0.4 is 4.90 Å². The number of rotatable bonds is 5. The third-order valence-electron chi connectivity index (χ3n) is 7.42. The van der Waals surface area contributed by atoms with Crippen LogP contribution in [-0.2, 0) is 14.8 Å². The number of nitrogens with zero attached hydrogens (tertiary/aromatic N) is 3. The first-order valence-corrected chi connectivity index (χ1v) is 14.8. The molecule has 1 amide bonds. The maximum absolute atomic E-state index is 13.8. The second-order valence-electron chi connectivity index (χ2n) is 9.59. The normalized spacial score (nSPS) is 21.2. The maximum atomic E-state index is 13.8. The molecule has 3 aromatic rings. The van der Waals surface area contributed by atoms with Crippen molar-refractivity contribution in [3.8, 4) is 0 Å². The number of benzene rings is 2. The van der Waals surface area contributed by atoms with E-state index in [4.69, 9.17) is 11.6 Å². The molecule has 5 rings (SSSR count). The molecule has 3 heterocycles. The van der Waals surface area contributed by atoms with Crippen LogP contribution in [0.1, 0.15) is 22.6 Å². The fourth-order valence-corrected chi connectivity index (χ4v) is 8.29. The Hall–Kier alpha value is -2.39. The Bertz CT molecular complexity index is 1350. The van der Waals surface area contributed by atoms with Gasteiger partial charge in [0.1, 0.15) is 4.21 Å². The zero-order chi connectivity index (χ0) is 25.4. The molecular weight excluding hydrogens is 514 g/mol. The van der Waals surface area contributed by atoms with Crippen molar-refractivity contribution in [2.24, 2.45) is 5.92 Å². The molecule has 2 fully saturated rings. The smallest absolute Gasteiger partial charge is 0.252 e. The predicted octanol–water partition coefficient (Wildman–Crippen LogP) is 4.77.